The van der Waals surface area contributed by atoms with Crippen molar-refractivity contribution in [3.05, 3.63) is 65.7 Å². The van der Waals surface area contributed by atoms with Gasteiger partial charge in [0.2, 0.25) is 0 Å². The summed E-state index contributed by atoms with van der Waals surface area (Å²) >= 11 is 2.28. The van der Waals surface area contributed by atoms with Crippen molar-refractivity contribution >= 4 is 35.0 Å². The van der Waals surface area contributed by atoms with Crippen LogP contribution in [0, 0.1) is 0 Å². The van der Waals surface area contributed by atoms with Gasteiger partial charge in [-0.1, -0.05) is 30.3 Å². The lowest BCUT2D eigenvalue weighted by Gasteiger charge is -2.09. The van der Waals surface area contributed by atoms with Crippen LogP contribution in [0.1, 0.15) is 15.9 Å². The molecule has 4 nitrogen and oxygen atoms in total. The lowest BCUT2D eigenvalue weighted by atomic mass is 10.2. The highest BCUT2D eigenvalue weighted by molar-refractivity contribution is 8.13. The Labute approximate surface area is 144 Å². The van der Waals surface area contributed by atoms with Crippen LogP contribution in [0.15, 0.2) is 59.5 Å². The van der Waals surface area contributed by atoms with Gasteiger partial charge >= 0.3 is 5.97 Å². The van der Waals surface area contributed by atoms with Crippen LogP contribution < -0.4 is 0 Å². The van der Waals surface area contributed by atoms with Crippen LogP contribution in [0.2, 0.25) is 0 Å². The SMILES string of the molecule is CN(C)C(=O)Sc1ccc(CSOC(=O)c2ccccc2)cc1. The van der Waals surface area contributed by atoms with E-state index in [9.17, 15) is 9.59 Å². The molecule has 0 saturated heterocycles. The Morgan fingerprint density at radius 1 is 1.00 bits per heavy atom. The number of hydrogen-bond acceptors (Lipinski definition) is 5. The van der Waals surface area contributed by atoms with E-state index in [2.05, 4.69) is 0 Å². The summed E-state index contributed by atoms with van der Waals surface area (Å²) in [6, 6.07) is 16.5. The van der Waals surface area contributed by atoms with Crippen molar-refractivity contribution in [3.8, 4) is 0 Å². The number of amides is 1. The minimum Gasteiger partial charge on any atom is -0.387 e. The second-order valence-corrected chi connectivity index (χ2v) is 6.62. The van der Waals surface area contributed by atoms with Gasteiger partial charge in [-0.15, -0.1) is 0 Å². The van der Waals surface area contributed by atoms with Crippen molar-refractivity contribution in [2.24, 2.45) is 0 Å². The van der Waals surface area contributed by atoms with E-state index in [0.717, 1.165) is 22.5 Å². The molecule has 0 aliphatic rings. The Hall–Kier alpha value is -1.92. The summed E-state index contributed by atoms with van der Waals surface area (Å²) < 4.78 is 5.17. The maximum absolute atomic E-state index is 11.8. The summed E-state index contributed by atoms with van der Waals surface area (Å²) in [6.45, 7) is 0. The number of carbonyl (C=O) groups is 2. The maximum atomic E-state index is 11.8. The first-order valence-corrected chi connectivity index (χ1v) is 8.66. The van der Waals surface area contributed by atoms with Crippen LogP contribution in [-0.4, -0.2) is 30.2 Å². The van der Waals surface area contributed by atoms with Crippen molar-refractivity contribution < 1.29 is 13.8 Å². The topological polar surface area (TPSA) is 46.6 Å². The Morgan fingerprint density at radius 3 is 2.26 bits per heavy atom. The zero-order valence-corrected chi connectivity index (χ0v) is 14.5. The highest BCUT2D eigenvalue weighted by Crippen LogP contribution is 2.23. The molecule has 0 heterocycles. The number of carbonyl (C=O) groups excluding carboxylic acids is 2. The van der Waals surface area contributed by atoms with Crippen molar-refractivity contribution in [2.45, 2.75) is 10.6 Å². The predicted octanol–water partition coefficient (Wildman–Crippen LogP) is 4.47. The molecule has 0 fully saturated rings. The molecule has 2 rings (SSSR count). The van der Waals surface area contributed by atoms with Crippen LogP contribution in [0.5, 0.6) is 0 Å². The molecule has 0 N–H and O–H groups in total. The number of rotatable bonds is 5. The van der Waals surface area contributed by atoms with Gasteiger partial charge in [0.15, 0.2) is 0 Å². The first-order valence-electron chi connectivity index (χ1n) is 6.93. The fourth-order valence-corrected chi connectivity index (χ4v) is 2.87. The molecule has 2 aromatic rings. The third-order valence-electron chi connectivity index (χ3n) is 2.86. The average Bonchev–Trinajstić information content (AvgIpc) is 2.57. The number of thioether (sulfide) groups is 1. The van der Waals surface area contributed by atoms with Crippen molar-refractivity contribution in [1.29, 1.82) is 0 Å². The predicted molar refractivity (Wildman–Crippen MR) is 94.5 cm³/mol. The normalized spacial score (nSPS) is 10.2. The van der Waals surface area contributed by atoms with Gasteiger partial charge in [0.05, 0.1) is 23.4 Å². The molecule has 23 heavy (non-hydrogen) atoms. The fraction of sp³-hybridized carbons (Fsp3) is 0.176. The first kappa shape index (κ1) is 17.4. The summed E-state index contributed by atoms with van der Waals surface area (Å²) in [5.74, 6) is 0.213. The standard InChI is InChI=1S/C17H17NO3S2/c1-18(2)17(20)23-15-10-8-13(9-11-15)12-22-21-16(19)14-6-4-3-5-7-14/h3-11H,12H2,1-2H3. The third-order valence-corrected chi connectivity index (χ3v) is 4.63. The summed E-state index contributed by atoms with van der Waals surface area (Å²) in [5.41, 5.74) is 1.56. The van der Waals surface area contributed by atoms with E-state index in [4.69, 9.17) is 4.18 Å². The molecule has 6 heteroatoms. The van der Waals surface area contributed by atoms with E-state index < -0.39 is 0 Å². The lowest BCUT2D eigenvalue weighted by Crippen LogP contribution is -2.15. The molecule has 0 aliphatic carbocycles. The van der Waals surface area contributed by atoms with Gasteiger partial charge in [-0.25, -0.2) is 4.79 Å². The van der Waals surface area contributed by atoms with E-state index in [0.29, 0.717) is 11.3 Å². The Balaban J connectivity index is 1.80. The second-order valence-electron chi connectivity index (χ2n) is 4.91. The fourth-order valence-electron chi connectivity index (χ4n) is 1.62. The summed E-state index contributed by atoms with van der Waals surface area (Å²) in [4.78, 5) is 25.8. The number of nitrogens with zero attached hydrogens (tertiary/aromatic N) is 1. The molecule has 0 bridgehead atoms. The summed E-state index contributed by atoms with van der Waals surface area (Å²) in [7, 11) is 3.45. The van der Waals surface area contributed by atoms with Gasteiger partial charge in [0, 0.05) is 19.0 Å². The van der Waals surface area contributed by atoms with Gasteiger partial charge in [-0.05, 0) is 41.6 Å². The second kappa shape index (κ2) is 8.64. The Kier molecular flexibility index (Phi) is 6.55. The molecule has 0 spiro atoms. The third kappa shape index (κ3) is 5.65. The highest BCUT2D eigenvalue weighted by Gasteiger charge is 2.08. The summed E-state index contributed by atoms with van der Waals surface area (Å²) in [6.07, 6.45) is 0. The van der Waals surface area contributed by atoms with Gasteiger partial charge in [0.25, 0.3) is 5.24 Å². The Morgan fingerprint density at radius 2 is 1.65 bits per heavy atom. The monoisotopic (exact) mass is 347 g/mol. The number of benzene rings is 2. The largest absolute Gasteiger partial charge is 0.387 e. The lowest BCUT2D eigenvalue weighted by molar-refractivity contribution is 0.0768. The van der Waals surface area contributed by atoms with Crippen molar-refractivity contribution in [1.82, 2.24) is 4.90 Å². The van der Waals surface area contributed by atoms with E-state index in [1.165, 1.54) is 16.7 Å². The quantitative estimate of drug-likeness (QED) is 0.590. The van der Waals surface area contributed by atoms with Gasteiger partial charge < -0.3 is 9.08 Å². The highest BCUT2D eigenvalue weighted by atomic mass is 32.2. The minimum atomic E-state index is -0.348. The molecule has 0 unspecified atom stereocenters. The van der Waals surface area contributed by atoms with Crippen LogP contribution in [0.4, 0.5) is 4.79 Å². The maximum Gasteiger partial charge on any atom is 0.350 e. The van der Waals surface area contributed by atoms with Crippen molar-refractivity contribution in [3.63, 3.8) is 0 Å². The zero-order valence-electron chi connectivity index (χ0n) is 12.9. The van der Waals surface area contributed by atoms with Crippen LogP contribution in [-0.2, 0) is 9.94 Å². The molecule has 0 radical (unpaired) electrons. The van der Waals surface area contributed by atoms with E-state index in [1.54, 1.807) is 38.4 Å². The molecule has 2 aromatic carbocycles. The van der Waals surface area contributed by atoms with Crippen LogP contribution >= 0.6 is 23.8 Å². The van der Waals surface area contributed by atoms with Crippen molar-refractivity contribution in [2.75, 3.05) is 14.1 Å². The first-order chi connectivity index (χ1) is 11.1. The average molecular weight is 347 g/mol. The minimum absolute atomic E-state index is 0.0103. The van der Waals surface area contributed by atoms with Crippen LogP contribution in [0.3, 0.4) is 0 Å². The molecule has 1 amide bonds. The molecule has 0 atom stereocenters. The molecule has 0 aliphatic heterocycles. The molecule has 120 valence electrons. The molecule has 0 aromatic heterocycles. The van der Waals surface area contributed by atoms with Gasteiger partial charge in [-0.2, -0.15) is 0 Å². The van der Waals surface area contributed by atoms with E-state index in [-0.39, 0.29) is 11.2 Å². The van der Waals surface area contributed by atoms with Gasteiger partial charge in [0.1, 0.15) is 0 Å². The zero-order chi connectivity index (χ0) is 16.7. The van der Waals surface area contributed by atoms with E-state index in [1.807, 2.05) is 30.3 Å². The Bertz CT molecular complexity index is 657. The van der Waals surface area contributed by atoms with Gasteiger partial charge in [-0.3, -0.25) is 4.79 Å². The van der Waals surface area contributed by atoms with E-state index >= 15 is 0 Å². The molecular weight excluding hydrogens is 330 g/mol. The summed E-state index contributed by atoms with van der Waals surface area (Å²) in [5, 5.41) is -0.0103. The molecular formula is C17H17NO3S2. The smallest absolute Gasteiger partial charge is 0.350 e. The molecule has 0 saturated carbocycles. The van der Waals surface area contributed by atoms with Crippen LogP contribution in [0.25, 0.3) is 0 Å². The number of hydrogen-bond donors (Lipinski definition) is 0.